The molecule has 0 saturated heterocycles. The Hall–Kier alpha value is -2.81. The first-order valence-electron chi connectivity index (χ1n) is 10.6. The van der Waals surface area contributed by atoms with Gasteiger partial charge in [0, 0.05) is 6.04 Å². The zero-order valence-electron chi connectivity index (χ0n) is 20.0. The lowest BCUT2D eigenvalue weighted by Crippen LogP contribution is -2.43. The van der Waals surface area contributed by atoms with E-state index in [1.54, 1.807) is 32.9 Å². The van der Waals surface area contributed by atoms with Crippen LogP contribution in [0, 0.1) is 11.3 Å². The lowest BCUT2D eigenvalue weighted by atomic mass is 9.76. The Labute approximate surface area is 189 Å². The lowest BCUT2D eigenvalue weighted by molar-refractivity contribution is -0.146. The Morgan fingerprint density at radius 2 is 1.72 bits per heavy atom. The smallest absolute Gasteiger partial charge is 0.407 e. The topological polar surface area (TPSA) is 151 Å². The summed E-state index contributed by atoms with van der Waals surface area (Å²) in [4.78, 5) is 36.2. The average Bonchev–Trinajstić information content (AvgIpc) is 2.59. The first kappa shape index (κ1) is 27.2. The number of anilines is 1. The molecule has 0 fully saturated rings. The van der Waals surface area contributed by atoms with Gasteiger partial charge in [0.15, 0.2) is 0 Å². The van der Waals surface area contributed by atoms with Gasteiger partial charge in [-0.1, -0.05) is 26.8 Å². The van der Waals surface area contributed by atoms with Gasteiger partial charge in [0.05, 0.1) is 17.6 Å². The lowest BCUT2D eigenvalue weighted by Gasteiger charge is -2.31. The number of aromatic hydroxyl groups is 1. The molecule has 0 aliphatic carbocycles. The summed E-state index contributed by atoms with van der Waals surface area (Å²) in [7, 11) is 0. The molecule has 0 heterocycles. The summed E-state index contributed by atoms with van der Waals surface area (Å²) in [5.41, 5.74) is 5.19. The van der Waals surface area contributed by atoms with Crippen LogP contribution in [0.5, 0.6) is 5.75 Å². The van der Waals surface area contributed by atoms with Crippen molar-refractivity contribution in [3.8, 4) is 5.75 Å². The van der Waals surface area contributed by atoms with Gasteiger partial charge in [0.1, 0.15) is 11.4 Å². The van der Waals surface area contributed by atoms with Crippen LogP contribution in [0.15, 0.2) is 18.2 Å². The fourth-order valence-corrected chi connectivity index (χ4v) is 3.12. The molecular formula is C23H37N3O6. The van der Waals surface area contributed by atoms with E-state index in [2.05, 4.69) is 10.6 Å². The van der Waals surface area contributed by atoms with Crippen LogP contribution in [-0.2, 0) is 20.7 Å². The number of carboxylic acid groups (broad SMARTS) is 1. The van der Waals surface area contributed by atoms with Gasteiger partial charge in [-0.2, -0.15) is 0 Å². The van der Waals surface area contributed by atoms with E-state index in [9.17, 15) is 24.6 Å². The number of carboxylic acids is 1. The van der Waals surface area contributed by atoms with E-state index < -0.39 is 47.0 Å². The number of ether oxygens (including phenoxy) is 1. The fraction of sp³-hybridized carbons (Fsp3) is 0.609. The van der Waals surface area contributed by atoms with Crippen molar-refractivity contribution in [1.29, 1.82) is 0 Å². The van der Waals surface area contributed by atoms with Crippen LogP contribution in [0.1, 0.15) is 60.5 Å². The predicted octanol–water partition coefficient (Wildman–Crippen LogP) is 3.25. The first-order valence-corrected chi connectivity index (χ1v) is 10.6. The molecule has 1 aromatic rings. The molecule has 1 aromatic carbocycles. The number of carbonyl (C=O) groups excluding carboxylic acids is 2. The summed E-state index contributed by atoms with van der Waals surface area (Å²) in [6, 6.07) is 3.32. The van der Waals surface area contributed by atoms with Gasteiger partial charge >= 0.3 is 12.1 Å². The number of phenols is 1. The summed E-state index contributed by atoms with van der Waals surface area (Å²) in [6.07, 6.45) is -0.217. The fourth-order valence-electron chi connectivity index (χ4n) is 3.12. The Morgan fingerprint density at radius 1 is 1.12 bits per heavy atom. The molecule has 0 aliphatic heterocycles. The minimum absolute atomic E-state index is 0.127. The number of hydrogen-bond acceptors (Lipinski definition) is 6. The molecule has 0 aliphatic rings. The molecule has 0 radical (unpaired) electrons. The molecule has 0 bridgehead atoms. The molecule has 32 heavy (non-hydrogen) atoms. The average molecular weight is 452 g/mol. The van der Waals surface area contributed by atoms with E-state index in [0.717, 1.165) is 0 Å². The summed E-state index contributed by atoms with van der Waals surface area (Å²) < 4.78 is 5.35. The standard InChI is InChI=1S/C23H37N3O6/c1-13(24)19(28)26-17-11-14(8-9-18(17)27)10-15(25-21(31)32-23(5,6)7)12-16(20(29)30)22(2,3)4/h8-9,11,13,15-16,27H,10,12,24H2,1-7H3,(H,25,31)(H,26,28)(H,29,30)/t13-,15?,16-/m0/s1. The highest BCUT2D eigenvalue weighted by molar-refractivity contribution is 5.95. The number of carbonyl (C=O) groups is 3. The second-order valence-corrected chi connectivity index (χ2v) is 10.2. The Kier molecular flexibility index (Phi) is 9.08. The summed E-state index contributed by atoms with van der Waals surface area (Å²) >= 11 is 0. The number of phenolic OH excluding ortho intramolecular Hbond substituents is 1. The highest BCUT2D eigenvalue weighted by atomic mass is 16.6. The molecule has 1 unspecified atom stereocenters. The third-order valence-electron chi connectivity index (χ3n) is 4.80. The van der Waals surface area contributed by atoms with Crippen molar-refractivity contribution >= 4 is 23.7 Å². The number of benzene rings is 1. The van der Waals surface area contributed by atoms with Gasteiger partial charge in [-0.25, -0.2) is 4.79 Å². The van der Waals surface area contributed by atoms with E-state index in [0.29, 0.717) is 5.56 Å². The van der Waals surface area contributed by atoms with Crippen molar-refractivity contribution in [3.05, 3.63) is 23.8 Å². The van der Waals surface area contributed by atoms with Crippen molar-refractivity contribution in [3.63, 3.8) is 0 Å². The van der Waals surface area contributed by atoms with Crippen LogP contribution >= 0.6 is 0 Å². The predicted molar refractivity (Wildman–Crippen MR) is 122 cm³/mol. The van der Waals surface area contributed by atoms with Gasteiger partial charge in [0.25, 0.3) is 0 Å². The van der Waals surface area contributed by atoms with E-state index in [1.807, 2.05) is 20.8 Å². The Bertz CT molecular complexity index is 824. The monoisotopic (exact) mass is 451 g/mol. The van der Waals surface area contributed by atoms with Gasteiger partial charge in [-0.3, -0.25) is 9.59 Å². The summed E-state index contributed by atoms with van der Waals surface area (Å²) in [5.74, 6) is -2.27. The van der Waals surface area contributed by atoms with Crippen LogP contribution < -0.4 is 16.4 Å². The molecule has 0 aromatic heterocycles. The largest absolute Gasteiger partial charge is 0.506 e. The summed E-state index contributed by atoms with van der Waals surface area (Å²) in [6.45, 7) is 12.2. The van der Waals surface area contributed by atoms with Crippen molar-refractivity contribution in [2.24, 2.45) is 17.1 Å². The highest BCUT2D eigenvalue weighted by Gasteiger charge is 2.34. The quantitative estimate of drug-likeness (QED) is 0.381. The normalized spacial score (nSPS) is 14.8. The van der Waals surface area contributed by atoms with Crippen LogP contribution in [-0.4, -0.2) is 45.9 Å². The van der Waals surface area contributed by atoms with Crippen molar-refractivity contribution in [2.75, 3.05) is 5.32 Å². The first-order chi connectivity index (χ1) is 14.5. The van der Waals surface area contributed by atoms with Crippen molar-refractivity contribution in [2.45, 2.75) is 79.0 Å². The van der Waals surface area contributed by atoms with E-state index in [1.165, 1.54) is 13.0 Å². The van der Waals surface area contributed by atoms with Crippen LogP contribution in [0.2, 0.25) is 0 Å². The second-order valence-electron chi connectivity index (χ2n) is 10.2. The summed E-state index contributed by atoms with van der Waals surface area (Å²) in [5, 5.41) is 25.2. The molecule has 2 amide bonds. The van der Waals surface area contributed by atoms with Gasteiger partial charge in [-0.05, 0) is 63.6 Å². The Morgan fingerprint density at radius 3 is 2.19 bits per heavy atom. The number of nitrogens with two attached hydrogens (primary N) is 1. The second kappa shape index (κ2) is 10.7. The van der Waals surface area contributed by atoms with E-state index >= 15 is 0 Å². The van der Waals surface area contributed by atoms with Gasteiger partial charge in [0.2, 0.25) is 5.91 Å². The maximum atomic E-state index is 12.4. The molecule has 6 N–H and O–H groups in total. The number of nitrogens with one attached hydrogen (secondary N) is 2. The maximum Gasteiger partial charge on any atom is 0.407 e. The number of hydrogen-bond donors (Lipinski definition) is 5. The number of rotatable bonds is 8. The molecule has 0 spiro atoms. The van der Waals surface area contributed by atoms with Crippen molar-refractivity contribution in [1.82, 2.24) is 5.32 Å². The van der Waals surface area contributed by atoms with Gasteiger partial charge in [-0.15, -0.1) is 0 Å². The molecule has 3 atom stereocenters. The van der Waals surface area contributed by atoms with E-state index in [-0.39, 0.29) is 24.3 Å². The molecule has 1 rings (SSSR count). The number of alkyl carbamates (subject to hydrolysis) is 1. The van der Waals surface area contributed by atoms with Crippen LogP contribution in [0.25, 0.3) is 0 Å². The Balaban J connectivity index is 3.18. The van der Waals surface area contributed by atoms with Crippen LogP contribution in [0.4, 0.5) is 10.5 Å². The zero-order chi connectivity index (χ0) is 24.9. The molecule has 9 nitrogen and oxygen atoms in total. The SMILES string of the molecule is C[C@H](N)C(=O)Nc1cc(CC(C[C@@H](C(=O)O)C(C)(C)C)NC(=O)OC(C)(C)C)ccc1O. The molecular weight excluding hydrogens is 414 g/mol. The maximum absolute atomic E-state index is 12.4. The molecule has 9 heteroatoms. The van der Waals surface area contributed by atoms with Gasteiger partial charge < -0.3 is 31.3 Å². The van der Waals surface area contributed by atoms with E-state index in [4.69, 9.17) is 10.5 Å². The minimum Gasteiger partial charge on any atom is -0.506 e. The number of aliphatic carboxylic acids is 1. The minimum atomic E-state index is -0.955. The molecule has 0 saturated carbocycles. The highest BCUT2D eigenvalue weighted by Crippen LogP contribution is 2.32. The number of amides is 2. The molecule has 180 valence electrons. The third kappa shape index (κ3) is 9.13. The third-order valence-corrected chi connectivity index (χ3v) is 4.80. The zero-order valence-corrected chi connectivity index (χ0v) is 20.0. The van der Waals surface area contributed by atoms with Crippen LogP contribution in [0.3, 0.4) is 0 Å². The van der Waals surface area contributed by atoms with Crippen molar-refractivity contribution < 1.29 is 29.3 Å².